The third-order valence-corrected chi connectivity index (χ3v) is 4.12. The topological polar surface area (TPSA) is 40.5 Å². The minimum atomic E-state index is -0.603. The molecule has 1 saturated carbocycles. The number of carboxylic acid groups (broad SMARTS) is 1. The molecule has 1 heterocycles. The molecule has 2 aliphatic rings. The molecule has 0 radical (unpaired) electrons. The standard InChI is InChI=1S/C14H17NO2/c16-13(17)14(5-6-14)7-8-15-9-11-3-1-2-4-12(11)10-15/h1-4H,5-10H2,(H,16,17). The van der Waals surface area contributed by atoms with Crippen molar-refractivity contribution in [1.82, 2.24) is 4.90 Å². The van der Waals surface area contributed by atoms with Crippen LogP contribution in [0.2, 0.25) is 0 Å². The van der Waals surface area contributed by atoms with Gasteiger partial charge in [0.2, 0.25) is 0 Å². The first kappa shape index (κ1) is 10.8. The first-order valence-electron chi connectivity index (χ1n) is 6.22. The van der Waals surface area contributed by atoms with E-state index in [0.29, 0.717) is 0 Å². The van der Waals surface area contributed by atoms with E-state index in [1.807, 2.05) is 0 Å². The number of aliphatic carboxylic acids is 1. The quantitative estimate of drug-likeness (QED) is 0.864. The second kappa shape index (κ2) is 3.84. The lowest BCUT2D eigenvalue weighted by Crippen LogP contribution is -2.24. The maximum absolute atomic E-state index is 11.1. The zero-order chi connectivity index (χ0) is 11.9. The predicted molar refractivity (Wildman–Crippen MR) is 64.5 cm³/mol. The molecule has 0 bridgehead atoms. The van der Waals surface area contributed by atoms with Crippen molar-refractivity contribution in [2.75, 3.05) is 6.54 Å². The molecule has 3 nitrogen and oxygen atoms in total. The van der Waals surface area contributed by atoms with Crippen molar-refractivity contribution in [3.63, 3.8) is 0 Å². The number of carbonyl (C=O) groups is 1. The molecule has 1 aliphatic carbocycles. The molecule has 3 rings (SSSR count). The van der Waals surface area contributed by atoms with Crippen molar-refractivity contribution in [2.24, 2.45) is 5.41 Å². The van der Waals surface area contributed by atoms with Gasteiger partial charge in [-0.05, 0) is 36.9 Å². The van der Waals surface area contributed by atoms with E-state index >= 15 is 0 Å². The molecule has 1 fully saturated rings. The van der Waals surface area contributed by atoms with Gasteiger partial charge in [-0.3, -0.25) is 9.69 Å². The van der Waals surface area contributed by atoms with Crippen molar-refractivity contribution in [1.29, 1.82) is 0 Å². The molecule has 3 heteroatoms. The lowest BCUT2D eigenvalue weighted by molar-refractivity contribution is -0.143. The molecule has 90 valence electrons. The summed E-state index contributed by atoms with van der Waals surface area (Å²) in [6, 6.07) is 8.47. The summed E-state index contributed by atoms with van der Waals surface area (Å²) in [5.74, 6) is -0.603. The number of carboxylic acids is 1. The summed E-state index contributed by atoms with van der Waals surface area (Å²) in [5.41, 5.74) is 2.41. The first-order valence-corrected chi connectivity index (χ1v) is 6.22. The van der Waals surface area contributed by atoms with Crippen LogP contribution in [0.5, 0.6) is 0 Å². The van der Waals surface area contributed by atoms with E-state index in [0.717, 1.165) is 38.9 Å². The van der Waals surface area contributed by atoms with E-state index in [2.05, 4.69) is 29.2 Å². The van der Waals surface area contributed by atoms with Gasteiger partial charge in [-0.1, -0.05) is 24.3 Å². The van der Waals surface area contributed by atoms with Crippen molar-refractivity contribution in [3.05, 3.63) is 35.4 Å². The van der Waals surface area contributed by atoms with Crippen molar-refractivity contribution in [2.45, 2.75) is 32.4 Å². The van der Waals surface area contributed by atoms with Gasteiger partial charge in [0.15, 0.2) is 0 Å². The molecule has 0 atom stereocenters. The van der Waals surface area contributed by atoms with E-state index < -0.39 is 5.97 Å². The van der Waals surface area contributed by atoms with Gasteiger partial charge in [0, 0.05) is 13.1 Å². The third kappa shape index (κ3) is 1.95. The van der Waals surface area contributed by atoms with Crippen molar-refractivity contribution < 1.29 is 9.90 Å². The Morgan fingerprint density at radius 2 is 1.82 bits per heavy atom. The van der Waals surface area contributed by atoms with Gasteiger partial charge in [0.25, 0.3) is 0 Å². The van der Waals surface area contributed by atoms with Gasteiger partial charge in [-0.2, -0.15) is 0 Å². The Bertz CT molecular complexity index is 426. The summed E-state index contributed by atoms with van der Waals surface area (Å²) in [4.78, 5) is 13.4. The van der Waals surface area contributed by atoms with Gasteiger partial charge in [0.05, 0.1) is 5.41 Å². The molecule has 0 saturated heterocycles. The van der Waals surface area contributed by atoms with E-state index in [-0.39, 0.29) is 5.41 Å². The molecular formula is C14H17NO2. The Morgan fingerprint density at radius 1 is 1.24 bits per heavy atom. The second-order valence-corrected chi connectivity index (χ2v) is 5.31. The van der Waals surface area contributed by atoms with Crippen LogP contribution < -0.4 is 0 Å². The van der Waals surface area contributed by atoms with Gasteiger partial charge >= 0.3 is 5.97 Å². The van der Waals surface area contributed by atoms with Crippen LogP contribution >= 0.6 is 0 Å². The SMILES string of the molecule is O=C(O)C1(CCN2Cc3ccccc3C2)CC1. The van der Waals surface area contributed by atoms with Gasteiger partial charge in [-0.25, -0.2) is 0 Å². The predicted octanol–water partition coefficient (Wildman–Crippen LogP) is 2.26. The Labute approximate surface area is 101 Å². The molecule has 1 aromatic carbocycles. The summed E-state index contributed by atoms with van der Waals surface area (Å²) in [6.45, 7) is 2.86. The highest BCUT2D eigenvalue weighted by Gasteiger charge is 2.49. The van der Waals surface area contributed by atoms with Gasteiger partial charge in [-0.15, -0.1) is 0 Å². The molecule has 0 amide bonds. The fourth-order valence-corrected chi connectivity index (χ4v) is 2.66. The molecular weight excluding hydrogens is 214 g/mol. The molecule has 1 N–H and O–H groups in total. The minimum Gasteiger partial charge on any atom is -0.481 e. The highest BCUT2D eigenvalue weighted by molar-refractivity contribution is 5.77. The highest BCUT2D eigenvalue weighted by Crippen LogP contribution is 2.49. The van der Waals surface area contributed by atoms with Gasteiger partial charge in [0.1, 0.15) is 0 Å². The number of fused-ring (bicyclic) bond motifs is 1. The van der Waals surface area contributed by atoms with Crippen LogP contribution in [0.1, 0.15) is 30.4 Å². The lowest BCUT2D eigenvalue weighted by Gasteiger charge is -2.17. The fraction of sp³-hybridized carbons (Fsp3) is 0.500. The Hall–Kier alpha value is -1.35. The Balaban J connectivity index is 1.58. The summed E-state index contributed by atoms with van der Waals surface area (Å²) < 4.78 is 0. The average Bonchev–Trinajstić information content (AvgIpc) is 3.00. The number of hydrogen-bond donors (Lipinski definition) is 1. The van der Waals surface area contributed by atoms with Crippen LogP contribution in [0.3, 0.4) is 0 Å². The molecule has 1 aromatic rings. The maximum atomic E-state index is 11.1. The Kier molecular flexibility index (Phi) is 2.44. The van der Waals surface area contributed by atoms with Crippen LogP contribution in [-0.2, 0) is 17.9 Å². The Morgan fingerprint density at radius 3 is 2.29 bits per heavy atom. The largest absolute Gasteiger partial charge is 0.481 e. The maximum Gasteiger partial charge on any atom is 0.309 e. The fourth-order valence-electron chi connectivity index (χ4n) is 2.66. The molecule has 0 spiro atoms. The van der Waals surface area contributed by atoms with E-state index in [1.165, 1.54) is 11.1 Å². The highest BCUT2D eigenvalue weighted by atomic mass is 16.4. The molecule has 1 aliphatic heterocycles. The summed E-state index contributed by atoms with van der Waals surface area (Å²) in [6.07, 6.45) is 2.53. The minimum absolute atomic E-state index is 0.380. The smallest absolute Gasteiger partial charge is 0.309 e. The normalized spacial score (nSPS) is 21.2. The summed E-state index contributed by atoms with van der Waals surface area (Å²) in [7, 11) is 0. The van der Waals surface area contributed by atoms with E-state index in [9.17, 15) is 4.79 Å². The van der Waals surface area contributed by atoms with Crippen molar-refractivity contribution in [3.8, 4) is 0 Å². The molecule has 0 aromatic heterocycles. The monoisotopic (exact) mass is 231 g/mol. The van der Waals surface area contributed by atoms with Crippen LogP contribution in [0, 0.1) is 5.41 Å². The van der Waals surface area contributed by atoms with Crippen LogP contribution in [-0.4, -0.2) is 22.5 Å². The van der Waals surface area contributed by atoms with E-state index in [4.69, 9.17) is 5.11 Å². The number of benzene rings is 1. The zero-order valence-corrected chi connectivity index (χ0v) is 9.85. The number of nitrogens with zero attached hydrogens (tertiary/aromatic N) is 1. The van der Waals surface area contributed by atoms with Gasteiger partial charge < -0.3 is 5.11 Å². The van der Waals surface area contributed by atoms with Crippen LogP contribution in [0.25, 0.3) is 0 Å². The molecule has 17 heavy (non-hydrogen) atoms. The number of hydrogen-bond acceptors (Lipinski definition) is 2. The third-order valence-electron chi connectivity index (χ3n) is 4.12. The molecule has 0 unspecified atom stereocenters. The summed E-state index contributed by atoms with van der Waals surface area (Å²) in [5, 5.41) is 9.13. The summed E-state index contributed by atoms with van der Waals surface area (Å²) >= 11 is 0. The number of rotatable bonds is 4. The zero-order valence-electron chi connectivity index (χ0n) is 9.85. The lowest BCUT2D eigenvalue weighted by atomic mass is 10.0. The first-order chi connectivity index (χ1) is 8.20. The van der Waals surface area contributed by atoms with Crippen LogP contribution in [0.15, 0.2) is 24.3 Å². The van der Waals surface area contributed by atoms with Crippen LogP contribution in [0.4, 0.5) is 0 Å². The second-order valence-electron chi connectivity index (χ2n) is 5.31. The average molecular weight is 231 g/mol. The van der Waals surface area contributed by atoms with Crippen molar-refractivity contribution >= 4 is 5.97 Å². The van der Waals surface area contributed by atoms with E-state index in [1.54, 1.807) is 0 Å².